The van der Waals surface area contributed by atoms with Gasteiger partial charge in [-0.2, -0.15) is 0 Å². The van der Waals surface area contributed by atoms with Crippen molar-refractivity contribution in [1.29, 1.82) is 0 Å². The summed E-state index contributed by atoms with van der Waals surface area (Å²) >= 11 is 0. The molecule has 1 aromatic carbocycles. The van der Waals surface area contributed by atoms with E-state index in [1.807, 2.05) is 6.92 Å². The fourth-order valence-corrected chi connectivity index (χ4v) is 3.06. The number of hydrogen-bond donors (Lipinski definition) is 2. The van der Waals surface area contributed by atoms with Gasteiger partial charge in [0, 0.05) is 43.9 Å². The maximum atomic E-state index is 12.4. The second-order valence-electron chi connectivity index (χ2n) is 6.99. The highest BCUT2D eigenvalue weighted by molar-refractivity contribution is 5.98. The van der Waals surface area contributed by atoms with Crippen molar-refractivity contribution in [2.24, 2.45) is 5.92 Å². The molecule has 0 radical (unpaired) electrons. The smallest absolute Gasteiger partial charge is 0.251 e. The van der Waals surface area contributed by atoms with Crippen LogP contribution in [0.4, 0.5) is 5.69 Å². The highest BCUT2D eigenvalue weighted by atomic mass is 16.5. The largest absolute Gasteiger partial charge is 0.383 e. The zero-order valence-corrected chi connectivity index (χ0v) is 16.3. The van der Waals surface area contributed by atoms with Gasteiger partial charge in [0.25, 0.3) is 5.91 Å². The fraction of sp³-hybridized carbons (Fsp3) is 0.550. The van der Waals surface area contributed by atoms with Crippen LogP contribution in [0.3, 0.4) is 0 Å². The molecule has 0 bridgehead atoms. The summed E-state index contributed by atoms with van der Waals surface area (Å²) in [6.07, 6.45) is 2.23. The maximum Gasteiger partial charge on any atom is 0.251 e. The number of likely N-dealkylation sites (tertiary alicyclic amines) is 1. The summed E-state index contributed by atoms with van der Waals surface area (Å²) < 4.78 is 5.00. The molecule has 148 valence electrons. The minimum absolute atomic E-state index is 0.0424. The van der Waals surface area contributed by atoms with Crippen molar-refractivity contribution in [3.05, 3.63) is 29.8 Å². The number of nitrogens with zero attached hydrogens (tertiary/aromatic N) is 1. The van der Waals surface area contributed by atoms with E-state index in [1.165, 1.54) is 0 Å². The Bertz CT molecular complexity index is 660. The minimum Gasteiger partial charge on any atom is -0.383 e. The van der Waals surface area contributed by atoms with Gasteiger partial charge in [0.1, 0.15) is 0 Å². The molecular formula is C20H29N3O4. The van der Waals surface area contributed by atoms with Crippen LogP contribution >= 0.6 is 0 Å². The predicted molar refractivity (Wildman–Crippen MR) is 103 cm³/mol. The van der Waals surface area contributed by atoms with Crippen LogP contribution in [0, 0.1) is 5.92 Å². The molecule has 1 aromatic rings. The molecule has 0 aliphatic carbocycles. The van der Waals surface area contributed by atoms with E-state index in [2.05, 4.69) is 17.6 Å². The Morgan fingerprint density at radius 3 is 2.63 bits per heavy atom. The van der Waals surface area contributed by atoms with E-state index in [0.29, 0.717) is 30.9 Å². The molecule has 1 aliphatic rings. The number of amides is 3. The van der Waals surface area contributed by atoms with E-state index in [0.717, 1.165) is 12.8 Å². The third kappa shape index (κ3) is 6.06. The van der Waals surface area contributed by atoms with E-state index in [4.69, 9.17) is 4.74 Å². The standard InChI is InChI=1S/C20H29N3O4/c1-4-5-10-23-12-16(11-18(23)24)20(26)22-17-8-6-15(7-9-17)19(25)21-14(2)13-27-3/h6-9,14,16H,4-5,10-13H2,1-3H3,(H,21,25)(H,22,26). The maximum absolute atomic E-state index is 12.4. The number of hydrogen-bond acceptors (Lipinski definition) is 4. The summed E-state index contributed by atoms with van der Waals surface area (Å²) in [6, 6.07) is 6.63. The molecule has 0 aromatic heterocycles. The number of carbonyl (C=O) groups is 3. The van der Waals surface area contributed by atoms with Crippen molar-refractivity contribution in [2.75, 3.05) is 32.1 Å². The van der Waals surface area contributed by atoms with E-state index < -0.39 is 0 Å². The summed E-state index contributed by atoms with van der Waals surface area (Å²) in [5.74, 6) is -0.633. The molecule has 0 spiro atoms. The SMILES string of the molecule is CCCCN1CC(C(=O)Nc2ccc(C(=O)NC(C)COC)cc2)CC1=O. The summed E-state index contributed by atoms with van der Waals surface area (Å²) in [6.45, 7) is 5.57. The first-order valence-corrected chi connectivity index (χ1v) is 9.43. The Morgan fingerprint density at radius 1 is 1.30 bits per heavy atom. The van der Waals surface area contributed by atoms with Crippen molar-refractivity contribution in [1.82, 2.24) is 10.2 Å². The van der Waals surface area contributed by atoms with E-state index >= 15 is 0 Å². The first kappa shape index (κ1) is 20.9. The number of unbranched alkanes of at least 4 members (excludes halogenated alkanes) is 1. The molecule has 2 rings (SSSR count). The van der Waals surface area contributed by atoms with Gasteiger partial charge < -0.3 is 20.3 Å². The third-order valence-electron chi connectivity index (χ3n) is 4.58. The quantitative estimate of drug-likeness (QED) is 0.691. The molecule has 2 N–H and O–H groups in total. The molecule has 1 heterocycles. The predicted octanol–water partition coefficient (Wildman–Crippen LogP) is 2.04. The van der Waals surface area contributed by atoms with Crippen molar-refractivity contribution in [2.45, 2.75) is 39.2 Å². The topological polar surface area (TPSA) is 87.7 Å². The van der Waals surface area contributed by atoms with Crippen LogP contribution in [0.2, 0.25) is 0 Å². The lowest BCUT2D eigenvalue weighted by atomic mass is 10.1. The van der Waals surface area contributed by atoms with Crippen LogP contribution in [-0.4, -0.2) is 55.5 Å². The first-order valence-electron chi connectivity index (χ1n) is 9.43. The lowest BCUT2D eigenvalue weighted by Gasteiger charge is -2.16. The number of carbonyl (C=O) groups excluding carboxylic acids is 3. The molecule has 2 unspecified atom stereocenters. The van der Waals surface area contributed by atoms with Crippen LogP contribution in [0.15, 0.2) is 24.3 Å². The highest BCUT2D eigenvalue weighted by Gasteiger charge is 2.33. The van der Waals surface area contributed by atoms with E-state index in [1.54, 1.807) is 36.3 Å². The van der Waals surface area contributed by atoms with Gasteiger partial charge in [-0.25, -0.2) is 0 Å². The van der Waals surface area contributed by atoms with Gasteiger partial charge in [0.2, 0.25) is 11.8 Å². The van der Waals surface area contributed by atoms with Gasteiger partial charge in [-0.3, -0.25) is 14.4 Å². The van der Waals surface area contributed by atoms with Crippen LogP contribution in [0.25, 0.3) is 0 Å². The summed E-state index contributed by atoms with van der Waals surface area (Å²) in [5.41, 5.74) is 1.12. The Hall–Kier alpha value is -2.41. The monoisotopic (exact) mass is 375 g/mol. The van der Waals surface area contributed by atoms with Gasteiger partial charge in [-0.15, -0.1) is 0 Å². The minimum atomic E-state index is -0.327. The third-order valence-corrected chi connectivity index (χ3v) is 4.58. The summed E-state index contributed by atoms with van der Waals surface area (Å²) in [5, 5.41) is 5.67. The Morgan fingerprint density at radius 2 is 2.00 bits per heavy atom. The highest BCUT2D eigenvalue weighted by Crippen LogP contribution is 2.20. The van der Waals surface area contributed by atoms with Gasteiger partial charge in [-0.05, 0) is 37.6 Å². The summed E-state index contributed by atoms with van der Waals surface area (Å²) in [4.78, 5) is 38.3. The number of benzene rings is 1. The second kappa shape index (κ2) is 10.1. The van der Waals surface area contributed by atoms with Crippen LogP contribution < -0.4 is 10.6 Å². The van der Waals surface area contributed by atoms with Gasteiger partial charge in [0.15, 0.2) is 0 Å². The fourth-order valence-electron chi connectivity index (χ4n) is 3.06. The Balaban J connectivity index is 1.88. The average Bonchev–Trinajstić information content (AvgIpc) is 3.01. The van der Waals surface area contributed by atoms with Gasteiger partial charge >= 0.3 is 0 Å². The van der Waals surface area contributed by atoms with Gasteiger partial charge in [-0.1, -0.05) is 13.3 Å². The number of rotatable bonds is 9. The lowest BCUT2D eigenvalue weighted by molar-refractivity contribution is -0.128. The van der Waals surface area contributed by atoms with Crippen molar-refractivity contribution < 1.29 is 19.1 Å². The first-order chi connectivity index (χ1) is 12.9. The second-order valence-corrected chi connectivity index (χ2v) is 6.99. The summed E-state index contributed by atoms with van der Waals surface area (Å²) in [7, 11) is 1.58. The normalized spacial score (nSPS) is 17.7. The molecule has 1 saturated heterocycles. The van der Waals surface area contributed by atoms with E-state index in [9.17, 15) is 14.4 Å². The van der Waals surface area contributed by atoms with Crippen molar-refractivity contribution in [3.63, 3.8) is 0 Å². The molecule has 27 heavy (non-hydrogen) atoms. The van der Waals surface area contributed by atoms with Crippen LogP contribution in [0.1, 0.15) is 43.5 Å². The van der Waals surface area contributed by atoms with Gasteiger partial charge in [0.05, 0.1) is 12.5 Å². The number of anilines is 1. The molecule has 3 amide bonds. The van der Waals surface area contributed by atoms with Crippen LogP contribution in [0.5, 0.6) is 0 Å². The molecule has 1 fully saturated rings. The average molecular weight is 375 g/mol. The number of methoxy groups -OCH3 is 1. The number of nitrogens with one attached hydrogen (secondary N) is 2. The zero-order valence-electron chi connectivity index (χ0n) is 16.3. The van der Waals surface area contributed by atoms with Crippen molar-refractivity contribution >= 4 is 23.4 Å². The Kier molecular flexibility index (Phi) is 7.79. The molecular weight excluding hydrogens is 346 g/mol. The molecule has 1 aliphatic heterocycles. The molecule has 0 saturated carbocycles. The number of ether oxygens (including phenoxy) is 1. The van der Waals surface area contributed by atoms with E-state index in [-0.39, 0.29) is 36.1 Å². The van der Waals surface area contributed by atoms with Crippen molar-refractivity contribution in [3.8, 4) is 0 Å². The molecule has 7 heteroatoms. The zero-order chi connectivity index (χ0) is 19.8. The van der Waals surface area contributed by atoms with Crippen LogP contribution in [-0.2, 0) is 14.3 Å². The Labute approximate surface area is 160 Å². The lowest BCUT2D eigenvalue weighted by Crippen LogP contribution is -2.35. The molecule has 7 nitrogen and oxygen atoms in total. The molecule has 2 atom stereocenters.